The Bertz CT molecular complexity index is 376. The third-order valence-electron chi connectivity index (χ3n) is 3.81. The Balaban J connectivity index is 1.96. The summed E-state index contributed by atoms with van der Waals surface area (Å²) in [6, 6.07) is 0. The predicted molar refractivity (Wildman–Crippen MR) is 102 cm³/mol. The maximum Gasteiger partial charge on any atom is 0.0744 e. The van der Waals surface area contributed by atoms with Crippen molar-refractivity contribution in [3.63, 3.8) is 0 Å². The van der Waals surface area contributed by atoms with Crippen molar-refractivity contribution in [3.05, 3.63) is 35.0 Å². The van der Waals surface area contributed by atoms with Gasteiger partial charge in [-0.25, -0.2) is 0 Å². The highest BCUT2D eigenvalue weighted by Crippen LogP contribution is 2.18. The number of nitrogens with zero attached hydrogens (tertiary/aromatic N) is 1. The van der Waals surface area contributed by atoms with Crippen LogP contribution in [0.2, 0.25) is 0 Å². The first-order valence-corrected chi connectivity index (χ1v) is 9.82. The fourth-order valence-electron chi connectivity index (χ4n) is 2.43. The highest BCUT2D eigenvalue weighted by atomic mass is 32.2. The molecule has 0 atom stereocenters. The van der Waals surface area contributed by atoms with Gasteiger partial charge in [0.05, 0.1) is 5.03 Å². The highest BCUT2D eigenvalue weighted by Gasteiger charge is 2.00. The normalized spacial score (nSPS) is 16.0. The Labute approximate surface area is 141 Å². The Morgan fingerprint density at radius 3 is 2.27 bits per heavy atom. The van der Waals surface area contributed by atoms with Gasteiger partial charge in [-0.3, -0.25) is 4.99 Å². The number of rotatable bonds is 12. The summed E-state index contributed by atoms with van der Waals surface area (Å²) in [5.74, 6) is 1.11. The fraction of sp³-hybridized carbons (Fsp3) is 0.632. The van der Waals surface area contributed by atoms with Crippen molar-refractivity contribution in [1.29, 1.82) is 0 Å². The van der Waals surface area contributed by atoms with E-state index in [4.69, 9.17) is 5.73 Å². The van der Waals surface area contributed by atoms with Gasteiger partial charge in [0.2, 0.25) is 0 Å². The number of thioether (sulfide) groups is 1. The van der Waals surface area contributed by atoms with E-state index in [2.05, 4.69) is 11.9 Å². The summed E-state index contributed by atoms with van der Waals surface area (Å²) in [5.41, 5.74) is 7.14. The molecule has 1 aliphatic rings. The number of aliphatic imine (C=N–C) groups is 1. The molecule has 3 heteroatoms. The van der Waals surface area contributed by atoms with E-state index in [1.54, 1.807) is 18.0 Å². The Kier molecular flexibility index (Phi) is 11.9. The molecule has 0 fully saturated rings. The molecule has 124 valence electrons. The van der Waals surface area contributed by atoms with Gasteiger partial charge in [0, 0.05) is 18.0 Å². The van der Waals surface area contributed by atoms with E-state index in [0.29, 0.717) is 0 Å². The molecule has 2 nitrogen and oxygen atoms in total. The average molecular weight is 321 g/mol. The van der Waals surface area contributed by atoms with Crippen molar-refractivity contribution in [2.45, 2.75) is 71.1 Å². The van der Waals surface area contributed by atoms with E-state index >= 15 is 0 Å². The number of unbranched alkanes of at least 4 members (excludes halogenated alkanes) is 9. The molecule has 0 bridgehead atoms. The third kappa shape index (κ3) is 9.88. The van der Waals surface area contributed by atoms with E-state index in [0.717, 1.165) is 16.4 Å². The van der Waals surface area contributed by atoms with Gasteiger partial charge >= 0.3 is 0 Å². The second kappa shape index (κ2) is 13.7. The molecular formula is C19H32N2S. The number of hydrogen-bond donors (Lipinski definition) is 1. The van der Waals surface area contributed by atoms with Crippen molar-refractivity contribution < 1.29 is 0 Å². The lowest BCUT2D eigenvalue weighted by atomic mass is 10.1. The van der Waals surface area contributed by atoms with Crippen LogP contribution < -0.4 is 5.73 Å². The van der Waals surface area contributed by atoms with Gasteiger partial charge in [-0.15, -0.1) is 11.8 Å². The lowest BCUT2D eigenvalue weighted by molar-refractivity contribution is 0.563. The van der Waals surface area contributed by atoms with E-state index in [-0.39, 0.29) is 0 Å². The van der Waals surface area contributed by atoms with Gasteiger partial charge in [0.15, 0.2) is 0 Å². The van der Waals surface area contributed by atoms with Crippen molar-refractivity contribution >= 4 is 18.0 Å². The van der Waals surface area contributed by atoms with Gasteiger partial charge < -0.3 is 5.73 Å². The predicted octanol–water partition coefficient (Wildman–Crippen LogP) is 5.97. The summed E-state index contributed by atoms with van der Waals surface area (Å²) < 4.78 is 0. The molecule has 0 aliphatic carbocycles. The maximum atomic E-state index is 6.11. The van der Waals surface area contributed by atoms with E-state index < -0.39 is 0 Å². The summed E-state index contributed by atoms with van der Waals surface area (Å²) >= 11 is 1.76. The molecule has 22 heavy (non-hydrogen) atoms. The molecule has 0 amide bonds. The lowest BCUT2D eigenvalue weighted by Gasteiger charge is -2.05. The monoisotopic (exact) mass is 320 g/mol. The molecule has 0 saturated heterocycles. The van der Waals surface area contributed by atoms with Crippen LogP contribution in [0.15, 0.2) is 40.0 Å². The van der Waals surface area contributed by atoms with Gasteiger partial charge in [-0.1, -0.05) is 76.9 Å². The van der Waals surface area contributed by atoms with E-state index in [1.165, 1.54) is 64.2 Å². The van der Waals surface area contributed by atoms with Crippen LogP contribution >= 0.6 is 11.8 Å². The van der Waals surface area contributed by atoms with Gasteiger partial charge in [0.25, 0.3) is 0 Å². The number of nitrogens with two attached hydrogens (primary N) is 1. The molecule has 0 saturated carbocycles. The van der Waals surface area contributed by atoms with Crippen LogP contribution in [0.25, 0.3) is 0 Å². The first-order chi connectivity index (χ1) is 10.8. The molecule has 1 rings (SSSR count). The van der Waals surface area contributed by atoms with Crippen LogP contribution in [0, 0.1) is 0 Å². The molecule has 0 spiro atoms. The minimum absolute atomic E-state index is 0.889. The van der Waals surface area contributed by atoms with Crippen LogP contribution in [0.4, 0.5) is 0 Å². The first kappa shape index (κ1) is 19.1. The topological polar surface area (TPSA) is 38.4 Å². The summed E-state index contributed by atoms with van der Waals surface area (Å²) in [5, 5.41) is 0.889. The van der Waals surface area contributed by atoms with Crippen molar-refractivity contribution in [3.8, 4) is 0 Å². The Morgan fingerprint density at radius 1 is 0.955 bits per heavy atom. The summed E-state index contributed by atoms with van der Waals surface area (Å²) in [6.45, 7) is 2.27. The van der Waals surface area contributed by atoms with Crippen molar-refractivity contribution in [2.24, 2.45) is 10.7 Å². The molecule has 0 aromatic heterocycles. The molecule has 0 aromatic rings. The average Bonchev–Trinajstić information content (AvgIpc) is 2.81. The quantitative estimate of drug-likeness (QED) is 0.450. The second-order valence-electron chi connectivity index (χ2n) is 5.83. The minimum atomic E-state index is 0.889. The van der Waals surface area contributed by atoms with Gasteiger partial charge in [0.1, 0.15) is 0 Å². The molecule has 0 unspecified atom stereocenters. The summed E-state index contributed by atoms with van der Waals surface area (Å²) in [7, 11) is 0. The van der Waals surface area contributed by atoms with Crippen LogP contribution in [-0.4, -0.2) is 12.0 Å². The van der Waals surface area contributed by atoms with Gasteiger partial charge in [-0.2, -0.15) is 0 Å². The maximum absolute atomic E-state index is 6.11. The molecular weight excluding hydrogens is 288 g/mol. The van der Waals surface area contributed by atoms with E-state index in [1.807, 2.05) is 24.4 Å². The largest absolute Gasteiger partial charge is 0.393 e. The highest BCUT2D eigenvalue weighted by molar-refractivity contribution is 8.03. The SMILES string of the molecule is CCCCCCCCCCCCSC(N)=C1C=CC=CN=C1. The lowest BCUT2D eigenvalue weighted by Crippen LogP contribution is -1.99. The van der Waals surface area contributed by atoms with Crippen LogP contribution in [0.1, 0.15) is 71.1 Å². The Hall–Kier alpha value is -0.960. The van der Waals surface area contributed by atoms with Crippen molar-refractivity contribution in [1.82, 2.24) is 0 Å². The summed E-state index contributed by atoms with van der Waals surface area (Å²) in [6.07, 6.45) is 23.3. The minimum Gasteiger partial charge on any atom is -0.393 e. The molecule has 1 heterocycles. The molecule has 0 aromatic carbocycles. The number of hydrogen-bond acceptors (Lipinski definition) is 3. The molecule has 0 radical (unpaired) electrons. The van der Waals surface area contributed by atoms with E-state index in [9.17, 15) is 0 Å². The van der Waals surface area contributed by atoms with Crippen LogP contribution in [-0.2, 0) is 0 Å². The zero-order valence-corrected chi connectivity index (χ0v) is 14.9. The molecule has 2 N–H and O–H groups in total. The van der Waals surface area contributed by atoms with Crippen LogP contribution in [0.5, 0.6) is 0 Å². The van der Waals surface area contributed by atoms with Crippen LogP contribution in [0.3, 0.4) is 0 Å². The fourth-order valence-corrected chi connectivity index (χ4v) is 3.28. The van der Waals surface area contributed by atoms with Gasteiger partial charge in [-0.05, 0) is 18.2 Å². The Morgan fingerprint density at radius 2 is 1.59 bits per heavy atom. The molecule has 1 aliphatic heterocycles. The zero-order chi connectivity index (χ0) is 15.9. The smallest absolute Gasteiger partial charge is 0.0744 e. The van der Waals surface area contributed by atoms with Crippen molar-refractivity contribution in [2.75, 3.05) is 5.75 Å². The second-order valence-corrected chi connectivity index (χ2v) is 6.97. The number of allylic oxidation sites excluding steroid dienone is 4. The standard InChI is InChI=1S/C19H32N2S/c1-2-3-4-5-6-7-8-9-10-13-16-22-19(20)18-14-11-12-15-21-17-18/h11-12,14-15,17H,2-10,13,16,20H2,1H3. The first-order valence-electron chi connectivity index (χ1n) is 8.83. The zero-order valence-electron chi connectivity index (χ0n) is 14.1. The third-order valence-corrected chi connectivity index (χ3v) is 4.85. The summed E-state index contributed by atoms with van der Waals surface area (Å²) in [4.78, 5) is 4.16.